The summed E-state index contributed by atoms with van der Waals surface area (Å²) in [6, 6.07) is 0. The highest BCUT2D eigenvalue weighted by atomic mass is 35.5. The molecule has 0 aromatic carbocycles. The molecule has 2 heterocycles. The lowest BCUT2D eigenvalue weighted by Crippen LogP contribution is -2.26. The van der Waals surface area contributed by atoms with Crippen molar-refractivity contribution >= 4 is 11.6 Å². The smallest absolute Gasteiger partial charge is 0.188 e. The molecule has 0 N–H and O–H groups in total. The molecule has 2 rings (SSSR count). The predicted octanol–water partition coefficient (Wildman–Crippen LogP) is 0.661. The van der Waals surface area contributed by atoms with Gasteiger partial charge in [0, 0.05) is 12.4 Å². The lowest BCUT2D eigenvalue weighted by atomic mass is 9.93. The zero-order valence-corrected chi connectivity index (χ0v) is 9.91. The SMILES string of the molecule is Cn1nnc(CN2CCC(C)(CCl)C2)n1. The Bertz CT molecular complexity index is 339. The van der Waals surface area contributed by atoms with Crippen molar-refractivity contribution in [2.24, 2.45) is 12.5 Å². The average molecular weight is 230 g/mol. The Kier molecular flexibility index (Phi) is 2.93. The fourth-order valence-corrected chi connectivity index (χ4v) is 2.17. The molecule has 5 nitrogen and oxygen atoms in total. The summed E-state index contributed by atoms with van der Waals surface area (Å²) in [5.41, 5.74) is 0.254. The van der Waals surface area contributed by atoms with Gasteiger partial charge in [0.15, 0.2) is 5.82 Å². The Labute approximate surface area is 94.4 Å². The van der Waals surface area contributed by atoms with Gasteiger partial charge in [-0.25, -0.2) is 0 Å². The highest BCUT2D eigenvalue weighted by molar-refractivity contribution is 6.18. The largest absolute Gasteiger partial charge is 0.295 e. The summed E-state index contributed by atoms with van der Waals surface area (Å²) >= 11 is 5.95. The van der Waals surface area contributed by atoms with E-state index in [-0.39, 0.29) is 5.41 Å². The Morgan fingerprint density at radius 2 is 2.33 bits per heavy atom. The third-order valence-electron chi connectivity index (χ3n) is 2.87. The number of likely N-dealkylation sites (tertiary alicyclic amines) is 1. The Morgan fingerprint density at radius 1 is 1.53 bits per heavy atom. The van der Waals surface area contributed by atoms with Crippen molar-refractivity contribution in [2.75, 3.05) is 19.0 Å². The third-order valence-corrected chi connectivity index (χ3v) is 3.52. The summed E-state index contributed by atoms with van der Waals surface area (Å²) in [6.45, 7) is 5.10. The molecule has 6 heteroatoms. The normalized spacial score (nSPS) is 27.4. The lowest BCUT2D eigenvalue weighted by molar-refractivity contribution is 0.280. The van der Waals surface area contributed by atoms with Crippen molar-refractivity contribution in [1.82, 2.24) is 25.1 Å². The van der Waals surface area contributed by atoms with Crippen LogP contribution in [-0.4, -0.2) is 44.1 Å². The molecule has 1 aromatic heterocycles. The molecule has 0 amide bonds. The number of halogens is 1. The van der Waals surface area contributed by atoms with Crippen LogP contribution in [0.5, 0.6) is 0 Å². The number of tetrazole rings is 1. The van der Waals surface area contributed by atoms with E-state index in [1.807, 2.05) is 0 Å². The van der Waals surface area contributed by atoms with Crippen molar-refractivity contribution < 1.29 is 0 Å². The minimum Gasteiger partial charge on any atom is -0.295 e. The number of aryl methyl sites for hydroxylation is 1. The minimum atomic E-state index is 0.254. The van der Waals surface area contributed by atoms with E-state index in [2.05, 4.69) is 27.2 Å². The second-order valence-electron chi connectivity index (χ2n) is 4.60. The number of aromatic nitrogens is 4. The van der Waals surface area contributed by atoms with Gasteiger partial charge in [-0.1, -0.05) is 6.92 Å². The molecular formula is C9H16ClN5. The summed E-state index contributed by atoms with van der Waals surface area (Å²) in [5, 5.41) is 12.0. The molecule has 1 aromatic rings. The molecule has 84 valence electrons. The quantitative estimate of drug-likeness (QED) is 0.715. The van der Waals surface area contributed by atoms with Crippen molar-refractivity contribution in [3.63, 3.8) is 0 Å². The number of hydrogen-bond donors (Lipinski definition) is 0. The lowest BCUT2D eigenvalue weighted by Gasteiger charge is -2.20. The number of rotatable bonds is 3. The van der Waals surface area contributed by atoms with Crippen molar-refractivity contribution in [2.45, 2.75) is 19.9 Å². The van der Waals surface area contributed by atoms with Crippen LogP contribution in [0.4, 0.5) is 0 Å². The standard InChI is InChI=1S/C9H16ClN5/c1-9(6-10)3-4-15(7-9)5-8-11-13-14(2)12-8/h3-7H2,1-2H3. The summed E-state index contributed by atoms with van der Waals surface area (Å²) < 4.78 is 0. The van der Waals surface area contributed by atoms with E-state index >= 15 is 0 Å². The summed E-state index contributed by atoms with van der Waals surface area (Å²) in [7, 11) is 1.78. The zero-order chi connectivity index (χ0) is 10.9. The van der Waals surface area contributed by atoms with Crippen LogP contribution in [0.3, 0.4) is 0 Å². The Morgan fingerprint density at radius 3 is 2.87 bits per heavy atom. The molecule has 1 fully saturated rings. The Hall–Kier alpha value is -0.680. The summed E-state index contributed by atoms with van der Waals surface area (Å²) in [5.74, 6) is 1.51. The van der Waals surface area contributed by atoms with E-state index in [1.165, 1.54) is 4.80 Å². The first-order valence-electron chi connectivity index (χ1n) is 5.12. The first-order chi connectivity index (χ1) is 7.11. The highest BCUT2D eigenvalue weighted by Crippen LogP contribution is 2.31. The molecule has 0 bridgehead atoms. The van der Waals surface area contributed by atoms with Gasteiger partial charge in [0.1, 0.15) is 0 Å². The van der Waals surface area contributed by atoms with Crippen LogP contribution >= 0.6 is 11.6 Å². The van der Waals surface area contributed by atoms with E-state index in [9.17, 15) is 0 Å². The van der Waals surface area contributed by atoms with Gasteiger partial charge in [-0.05, 0) is 23.6 Å². The van der Waals surface area contributed by atoms with E-state index in [4.69, 9.17) is 11.6 Å². The molecule has 1 saturated heterocycles. The van der Waals surface area contributed by atoms with E-state index < -0.39 is 0 Å². The maximum Gasteiger partial charge on any atom is 0.188 e. The Balaban J connectivity index is 1.92. The van der Waals surface area contributed by atoms with Gasteiger partial charge in [0.05, 0.1) is 13.6 Å². The summed E-state index contributed by atoms with van der Waals surface area (Å²) in [6.07, 6.45) is 1.15. The van der Waals surface area contributed by atoms with E-state index in [0.717, 1.165) is 37.8 Å². The third kappa shape index (κ3) is 2.46. The fourth-order valence-electron chi connectivity index (χ4n) is 1.96. The van der Waals surface area contributed by atoms with Gasteiger partial charge in [-0.15, -0.1) is 21.8 Å². The number of nitrogens with zero attached hydrogens (tertiary/aromatic N) is 5. The molecule has 15 heavy (non-hydrogen) atoms. The molecule has 0 saturated carbocycles. The van der Waals surface area contributed by atoms with Crippen LogP contribution in [0.2, 0.25) is 0 Å². The van der Waals surface area contributed by atoms with Crippen LogP contribution in [0, 0.1) is 5.41 Å². The van der Waals surface area contributed by atoms with Gasteiger partial charge < -0.3 is 0 Å². The second-order valence-corrected chi connectivity index (χ2v) is 4.87. The molecular weight excluding hydrogens is 214 g/mol. The number of alkyl halides is 1. The minimum absolute atomic E-state index is 0.254. The zero-order valence-electron chi connectivity index (χ0n) is 9.15. The van der Waals surface area contributed by atoms with Gasteiger partial charge >= 0.3 is 0 Å². The van der Waals surface area contributed by atoms with E-state index in [1.54, 1.807) is 7.05 Å². The first-order valence-corrected chi connectivity index (χ1v) is 5.66. The highest BCUT2D eigenvalue weighted by Gasteiger charge is 2.33. The molecule has 0 radical (unpaired) electrons. The van der Waals surface area contributed by atoms with Gasteiger partial charge in [-0.2, -0.15) is 4.80 Å². The average Bonchev–Trinajstić information content (AvgIpc) is 2.76. The van der Waals surface area contributed by atoms with Crippen LogP contribution < -0.4 is 0 Å². The molecule has 1 aliphatic rings. The van der Waals surface area contributed by atoms with Crippen LogP contribution in [0.1, 0.15) is 19.2 Å². The van der Waals surface area contributed by atoms with Gasteiger partial charge in [0.2, 0.25) is 0 Å². The summed E-state index contributed by atoms with van der Waals surface area (Å²) in [4.78, 5) is 3.82. The molecule has 1 aliphatic heterocycles. The fraction of sp³-hybridized carbons (Fsp3) is 0.889. The van der Waals surface area contributed by atoms with Crippen molar-refractivity contribution in [3.05, 3.63) is 5.82 Å². The van der Waals surface area contributed by atoms with Gasteiger partial charge in [-0.3, -0.25) is 4.90 Å². The van der Waals surface area contributed by atoms with Crippen molar-refractivity contribution in [3.8, 4) is 0 Å². The van der Waals surface area contributed by atoms with E-state index in [0.29, 0.717) is 0 Å². The van der Waals surface area contributed by atoms with Crippen LogP contribution in [0.25, 0.3) is 0 Å². The molecule has 1 unspecified atom stereocenters. The first kappa shape index (κ1) is 10.8. The van der Waals surface area contributed by atoms with Gasteiger partial charge in [0.25, 0.3) is 0 Å². The molecule has 0 aliphatic carbocycles. The maximum absolute atomic E-state index is 5.95. The molecule has 0 spiro atoms. The maximum atomic E-state index is 5.95. The number of hydrogen-bond acceptors (Lipinski definition) is 4. The molecule has 1 atom stereocenters. The predicted molar refractivity (Wildman–Crippen MR) is 57.5 cm³/mol. The second kappa shape index (κ2) is 4.06. The monoisotopic (exact) mass is 229 g/mol. The topological polar surface area (TPSA) is 46.8 Å². The van der Waals surface area contributed by atoms with Crippen LogP contribution in [-0.2, 0) is 13.6 Å². The van der Waals surface area contributed by atoms with Crippen molar-refractivity contribution in [1.29, 1.82) is 0 Å². The van der Waals surface area contributed by atoms with Crippen LogP contribution in [0.15, 0.2) is 0 Å².